The largest absolute Gasteiger partial charge is 0.319 e. The van der Waals surface area contributed by atoms with Crippen molar-refractivity contribution in [3.63, 3.8) is 0 Å². The van der Waals surface area contributed by atoms with Crippen LogP contribution in [0.15, 0.2) is 34.1 Å². The molecule has 0 spiro atoms. The van der Waals surface area contributed by atoms with E-state index in [0.717, 1.165) is 25.5 Å². The van der Waals surface area contributed by atoms with Gasteiger partial charge in [0.1, 0.15) is 0 Å². The molecule has 0 radical (unpaired) electrons. The summed E-state index contributed by atoms with van der Waals surface area (Å²) in [5, 5.41) is 8.15. The molecule has 0 unspecified atom stereocenters. The molecule has 0 atom stereocenters. The summed E-state index contributed by atoms with van der Waals surface area (Å²) in [5.41, 5.74) is 0. The van der Waals surface area contributed by atoms with Gasteiger partial charge in [0.25, 0.3) is 0 Å². The van der Waals surface area contributed by atoms with Crippen LogP contribution in [0.4, 0.5) is 0 Å². The highest BCUT2D eigenvalue weighted by molar-refractivity contribution is 7.90. The van der Waals surface area contributed by atoms with E-state index in [0.29, 0.717) is 19.0 Å². The van der Waals surface area contributed by atoms with Crippen LogP contribution in [0.5, 0.6) is 0 Å². The van der Waals surface area contributed by atoms with Gasteiger partial charge in [0.05, 0.1) is 9.79 Å². The summed E-state index contributed by atoms with van der Waals surface area (Å²) >= 11 is 0. The first-order chi connectivity index (χ1) is 10.2. The predicted octanol–water partition coefficient (Wildman–Crippen LogP) is -0.0459. The fourth-order valence-electron chi connectivity index (χ4n) is 2.60. The molecule has 0 bridgehead atoms. The molecule has 0 aromatic heterocycles. The van der Waals surface area contributed by atoms with Gasteiger partial charge < -0.3 is 5.32 Å². The smallest absolute Gasteiger partial charge is 0.243 e. The second-order valence-electron chi connectivity index (χ2n) is 5.43. The molecule has 1 aromatic carbocycles. The first-order valence-corrected chi connectivity index (χ1v) is 10.0. The molecule has 1 heterocycles. The second-order valence-corrected chi connectivity index (χ2v) is 8.92. The molecule has 1 aliphatic heterocycles. The third-order valence-corrected chi connectivity index (χ3v) is 6.64. The van der Waals surface area contributed by atoms with Crippen molar-refractivity contribution < 1.29 is 16.8 Å². The fourth-order valence-corrected chi connectivity index (χ4v) is 4.75. The number of hydrogen-bond donors (Lipinski definition) is 2. The molecule has 1 fully saturated rings. The third-order valence-electron chi connectivity index (χ3n) is 3.84. The first kappa shape index (κ1) is 17.4. The summed E-state index contributed by atoms with van der Waals surface area (Å²) in [6.45, 7) is 1.75. The number of nitrogens with zero attached hydrogens (tertiary/aromatic N) is 1. The number of nitrogens with two attached hydrogens (primary N) is 1. The Labute approximate surface area is 131 Å². The molecular weight excluding hydrogens is 326 g/mol. The highest BCUT2D eigenvalue weighted by Gasteiger charge is 2.29. The number of piperidine rings is 1. The van der Waals surface area contributed by atoms with Gasteiger partial charge in [-0.1, -0.05) is 6.07 Å². The molecule has 2 rings (SSSR count). The summed E-state index contributed by atoms with van der Waals surface area (Å²) in [4.78, 5) is -0.232. The van der Waals surface area contributed by atoms with Crippen LogP contribution in [-0.4, -0.2) is 47.8 Å². The first-order valence-electron chi connectivity index (χ1n) is 7.03. The molecule has 9 heteroatoms. The van der Waals surface area contributed by atoms with Crippen LogP contribution in [0.3, 0.4) is 0 Å². The van der Waals surface area contributed by atoms with E-state index >= 15 is 0 Å². The lowest BCUT2D eigenvalue weighted by molar-refractivity contribution is 0.270. The number of sulfonamides is 2. The number of hydrogen-bond acceptors (Lipinski definition) is 5. The average Bonchev–Trinajstić information content (AvgIpc) is 2.47. The zero-order valence-corrected chi connectivity index (χ0v) is 14.0. The van der Waals surface area contributed by atoms with Crippen molar-refractivity contribution in [2.45, 2.75) is 22.6 Å². The normalized spacial score (nSPS) is 18.5. The topological polar surface area (TPSA) is 110 Å². The molecule has 1 aliphatic rings. The summed E-state index contributed by atoms with van der Waals surface area (Å²) in [6.07, 6.45) is 1.57. The van der Waals surface area contributed by atoms with Crippen molar-refractivity contribution in [1.29, 1.82) is 0 Å². The van der Waals surface area contributed by atoms with Gasteiger partial charge in [-0.3, -0.25) is 0 Å². The molecule has 0 aliphatic carbocycles. The Morgan fingerprint density at radius 3 is 2.32 bits per heavy atom. The minimum Gasteiger partial charge on any atom is -0.319 e. The SMILES string of the molecule is CNCC1CCN(S(=O)(=O)c2cccc(S(N)(=O)=O)c2)CC1. The number of rotatable bonds is 5. The Morgan fingerprint density at radius 1 is 1.18 bits per heavy atom. The molecule has 124 valence electrons. The van der Waals surface area contributed by atoms with Crippen LogP contribution in [0.2, 0.25) is 0 Å². The summed E-state index contributed by atoms with van der Waals surface area (Å²) in [7, 11) is -5.74. The van der Waals surface area contributed by atoms with Crippen molar-refractivity contribution in [1.82, 2.24) is 9.62 Å². The molecule has 3 N–H and O–H groups in total. The molecular formula is C13H21N3O4S2. The number of nitrogens with one attached hydrogen (secondary N) is 1. The van der Waals surface area contributed by atoms with Crippen LogP contribution in [0.1, 0.15) is 12.8 Å². The van der Waals surface area contributed by atoms with Crippen molar-refractivity contribution in [3.05, 3.63) is 24.3 Å². The number of benzene rings is 1. The Morgan fingerprint density at radius 2 is 1.77 bits per heavy atom. The minimum absolute atomic E-state index is 0.0360. The van der Waals surface area contributed by atoms with Crippen molar-refractivity contribution in [2.75, 3.05) is 26.7 Å². The minimum atomic E-state index is -3.92. The Kier molecular flexibility index (Phi) is 5.23. The van der Waals surface area contributed by atoms with E-state index in [1.165, 1.54) is 22.5 Å². The van der Waals surface area contributed by atoms with Crippen LogP contribution in [-0.2, 0) is 20.0 Å². The molecule has 0 saturated carbocycles. The van der Waals surface area contributed by atoms with E-state index in [1.54, 1.807) is 0 Å². The quantitative estimate of drug-likeness (QED) is 0.776. The van der Waals surface area contributed by atoms with E-state index in [1.807, 2.05) is 7.05 Å². The fraction of sp³-hybridized carbons (Fsp3) is 0.538. The predicted molar refractivity (Wildman–Crippen MR) is 83.2 cm³/mol. The molecule has 1 aromatic rings. The lowest BCUT2D eigenvalue weighted by Gasteiger charge is -2.31. The van der Waals surface area contributed by atoms with Crippen LogP contribution < -0.4 is 10.5 Å². The molecule has 7 nitrogen and oxygen atoms in total. The third kappa shape index (κ3) is 3.85. The van der Waals surface area contributed by atoms with Gasteiger partial charge in [-0.05, 0) is 50.6 Å². The lowest BCUT2D eigenvalue weighted by atomic mass is 9.98. The maximum atomic E-state index is 12.6. The molecule has 0 amide bonds. The zero-order valence-electron chi connectivity index (χ0n) is 12.4. The van der Waals surface area contributed by atoms with E-state index in [2.05, 4.69) is 5.32 Å². The van der Waals surface area contributed by atoms with Gasteiger partial charge in [-0.15, -0.1) is 0 Å². The van der Waals surface area contributed by atoms with E-state index in [9.17, 15) is 16.8 Å². The highest BCUT2D eigenvalue weighted by atomic mass is 32.2. The zero-order chi connectivity index (χ0) is 16.4. The van der Waals surface area contributed by atoms with Gasteiger partial charge in [-0.25, -0.2) is 22.0 Å². The maximum absolute atomic E-state index is 12.6. The standard InChI is InChI=1S/C13H21N3O4S2/c1-15-10-11-5-7-16(8-6-11)22(19,20)13-4-2-3-12(9-13)21(14,17)18/h2-4,9,11,15H,5-8,10H2,1H3,(H2,14,17,18). The van der Waals surface area contributed by atoms with Crippen LogP contribution >= 0.6 is 0 Å². The molecule has 1 saturated heterocycles. The van der Waals surface area contributed by atoms with Crippen molar-refractivity contribution in [2.24, 2.45) is 11.1 Å². The monoisotopic (exact) mass is 347 g/mol. The van der Waals surface area contributed by atoms with Crippen LogP contribution in [0.25, 0.3) is 0 Å². The van der Waals surface area contributed by atoms with E-state index < -0.39 is 20.0 Å². The van der Waals surface area contributed by atoms with Crippen LogP contribution in [0, 0.1) is 5.92 Å². The van der Waals surface area contributed by atoms with Gasteiger partial charge in [0, 0.05) is 13.1 Å². The molecule has 22 heavy (non-hydrogen) atoms. The van der Waals surface area contributed by atoms with Crippen molar-refractivity contribution in [3.8, 4) is 0 Å². The van der Waals surface area contributed by atoms with Gasteiger partial charge >= 0.3 is 0 Å². The van der Waals surface area contributed by atoms with Gasteiger partial charge in [0.2, 0.25) is 20.0 Å². The highest BCUT2D eigenvalue weighted by Crippen LogP contribution is 2.24. The summed E-state index contributed by atoms with van der Waals surface area (Å²) in [6, 6.07) is 5.18. The van der Waals surface area contributed by atoms with Gasteiger partial charge in [0.15, 0.2) is 0 Å². The van der Waals surface area contributed by atoms with Crippen molar-refractivity contribution >= 4 is 20.0 Å². The Bertz CT molecular complexity index is 723. The second kappa shape index (κ2) is 6.63. The Hall–Kier alpha value is -1.00. The van der Waals surface area contributed by atoms with E-state index in [-0.39, 0.29) is 9.79 Å². The average molecular weight is 347 g/mol. The van der Waals surface area contributed by atoms with Gasteiger partial charge in [-0.2, -0.15) is 4.31 Å². The Balaban J connectivity index is 2.21. The lowest BCUT2D eigenvalue weighted by Crippen LogP contribution is -2.40. The maximum Gasteiger partial charge on any atom is 0.243 e. The summed E-state index contributed by atoms with van der Waals surface area (Å²) in [5.74, 6) is 0.465. The summed E-state index contributed by atoms with van der Waals surface area (Å²) < 4.78 is 49.3. The number of primary sulfonamides is 1. The van der Waals surface area contributed by atoms with E-state index in [4.69, 9.17) is 5.14 Å².